The van der Waals surface area contributed by atoms with E-state index >= 15 is 0 Å². The van der Waals surface area contributed by atoms with Crippen LogP contribution < -0.4 is 0 Å². The molecule has 2 atom stereocenters. The fourth-order valence-corrected chi connectivity index (χ4v) is 0.931. The molecule has 1 aliphatic rings. The largest absolute Gasteiger partial charge is 0.390 e. The first kappa shape index (κ1) is 6.71. The van der Waals surface area contributed by atoms with Gasteiger partial charge in [-0.2, -0.15) is 0 Å². The van der Waals surface area contributed by atoms with Gasteiger partial charge in [0.05, 0.1) is 25.2 Å². The number of ketones is 1. The van der Waals surface area contributed by atoms with Crippen LogP contribution in [0.1, 0.15) is 6.92 Å². The highest BCUT2D eigenvalue weighted by Gasteiger charge is 2.29. The lowest BCUT2D eigenvalue weighted by molar-refractivity contribution is -0.122. The van der Waals surface area contributed by atoms with E-state index in [0.29, 0.717) is 13.2 Å². The van der Waals surface area contributed by atoms with Crippen molar-refractivity contribution in [2.75, 3.05) is 13.2 Å². The van der Waals surface area contributed by atoms with Crippen LogP contribution in [0.5, 0.6) is 0 Å². The van der Waals surface area contributed by atoms with Crippen molar-refractivity contribution in [2.45, 2.75) is 13.0 Å². The molecule has 1 aliphatic heterocycles. The lowest BCUT2D eigenvalue weighted by atomic mass is 10.0. The molecule has 0 saturated carbocycles. The highest BCUT2D eigenvalue weighted by Crippen LogP contribution is 2.13. The molecule has 0 radical (unpaired) electrons. The predicted octanol–water partition coefficient (Wildman–Crippen LogP) is -0.417. The molecular formula is C6H10O3. The van der Waals surface area contributed by atoms with Crippen molar-refractivity contribution in [3.63, 3.8) is 0 Å². The van der Waals surface area contributed by atoms with Crippen LogP contribution in [0.3, 0.4) is 0 Å². The summed E-state index contributed by atoms with van der Waals surface area (Å²) in [6.45, 7) is 2.17. The van der Waals surface area contributed by atoms with Gasteiger partial charge in [-0.1, -0.05) is 0 Å². The van der Waals surface area contributed by atoms with E-state index in [0.717, 1.165) is 0 Å². The summed E-state index contributed by atoms with van der Waals surface area (Å²) in [6.07, 6.45) is -0.567. The summed E-state index contributed by atoms with van der Waals surface area (Å²) in [5.74, 6) is -0.259. The minimum Gasteiger partial charge on any atom is -0.390 e. The van der Waals surface area contributed by atoms with Crippen LogP contribution >= 0.6 is 0 Å². The third-order valence-electron chi connectivity index (χ3n) is 1.57. The molecule has 1 fully saturated rings. The van der Waals surface area contributed by atoms with E-state index < -0.39 is 6.10 Å². The first-order valence-corrected chi connectivity index (χ1v) is 2.98. The molecule has 0 aliphatic carbocycles. The molecule has 1 heterocycles. The quantitative estimate of drug-likeness (QED) is 0.524. The second-order valence-electron chi connectivity index (χ2n) is 2.32. The summed E-state index contributed by atoms with van der Waals surface area (Å²) in [4.78, 5) is 10.6. The highest BCUT2D eigenvalue weighted by molar-refractivity contribution is 5.79. The summed E-state index contributed by atoms with van der Waals surface area (Å²) in [6, 6.07) is 0. The molecule has 52 valence electrons. The molecule has 0 aromatic rings. The maximum atomic E-state index is 10.6. The summed E-state index contributed by atoms with van der Waals surface area (Å²) < 4.78 is 4.86. The van der Waals surface area contributed by atoms with E-state index in [2.05, 4.69) is 0 Å². The van der Waals surface area contributed by atoms with Gasteiger partial charge >= 0.3 is 0 Å². The lowest BCUT2D eigenvalue weighted by Crippen LogP contribution is -2.24. The molecule has 0 amide bonds. The Labute approximate surface area is 53.6 Å². The van der Waals surface area contributed by atoms with E-state index in [1.54, 1.807) is 0 Å². The maximum absolute atomic E-state index is 10.6. The van der Waals surface area contributed by atoms with E-state index in [9.17, 15) is 4.79 Å². The lowest BCUT2D eigenvalue weighted by Gasteiger charge is -2.05. The topological polar surface area (TPSA) is 46.5 Å². The Balaban J connectivity index is 2.49. The Morgan fingerprint density at radius 3 is 2.56 bits per heavy atom. The van der Waals surface area contributed by atoms with Crippen LogP contribution in [0.25, 0.3) is 0 Å². The van der Waals surface area contributed by atoms with Crippen molar-refractivity contribution >= 4 is 5.78 Å². The van der Waals surface area contributed by atoms with Gasteiger partial charge < -0.3 is 9.84 Å². The van der Waals surface area contributed by atoms with E-state index in [1.807, 2.05) is 0 Å². The Hall–Kier alpha value is -0.410. The fourth-order valence-electron chi connectivity index (χ4n) is 0.931. The van der Waals surface area contributed by atoms with Crippen LogP contribution in [0.15, 0.2) is 0 Å². The molecule has 1 rings (SSSR count). The number of rotatable bonds is 1. The van der Waals surface area contributed by atoms with E-state index in [4.69, 9.17) is 9.84 Å². The maximum Gasteiger partial charge on any atom is 0.137 e. The molecule has 1 N–H and O–H groups in total. The smallest absolute Gasteiger partial charge is 0.137 e. The third kappa shape index (κ3) is 1.28. The van der Waals surface area contributed by atoms with E-state index in [-0.39, 0.29) is 11.7 Å². The van der Waals surface area contributed by atoms with Crippen LogP contribution in [-0.4, -0.2) is 30.2 Å². The highest BCUT2D eigenvalue weighted by atomic mass is 16.5. The van der Waals surface area contributed by atoms with Gasteiger partial charge in [0.1, 0.15) is 5.78 Å². The third-order valence-corrected chi connectivity index (χ3v) is 1.57. The Morgan fingerprint density at radius 1 is 1.67 bits per heavy atom. The zero-order valence-electron chi connectivity index (χ0n) is 5.33. The number of ether oxygens (including phenoxy) is 1. The molecule has 1 saturated heterocycles. The van der Waals surface area contributed by atoms with Crippen molar-refractivity contribution < 1.29 is 14.6 Å². The fraction of sp³-hybridized carbons (Fsp3) is 0.833. The molecule has 0 aromatic heterocycles. The molecule has 2 unspecified atom stereocenters. The summed E-state index contributed by atoms with van der Waals surface area (Å²) in [5, 5.41) is 9.01. The molecule has 3 nitrogen and oxygen atoms in total. The number of hydrogen-bond donors (Lipinski definition) is 1. The second-order valence-corrected chi connectivity index (χ2v) is 2.32. The zero-order chi connectivity index (χ0) is 6.85. The Bertz CT molecular complexity index is 121. The number of hydrogen-bond acceptors (Lipinski definition) is 3. The van der Waals surface area contributed by atoms with Crippen LogP contribution in [0.4, 0.5) is 0 Å². The van der Waals surface area contributed by atoms with Gasteiger partial charge in [-0.15, -0.1) is 0 Å². The first-order valence-electron chi connectivity index (χ1n) is 2.98. The second kappa shape index (κ2) is 2.45. The predicted molar refractivity (Wildman–Crippen MR) is 31.0 cm³/mol. The van der Waals surface area contributed by atoms with Crippen molar-refractivity contribution in [3.05, 3.63) is 0 Å². The Morgan fingerprint density at radius 2 is 2.33 bits per heavy atom. The average molecular weight is 130 g/mol. The van der Waals surface area contributed by atoms with Gasteiger partial charge in [-0.05, 0) is 6.92 Å². The van der Waals surface area contributed by atoms with Gasteiger partial charge in [0.2, 0.25) is 0 Å². The zero-order valence-corrected chi connectivity index (χ0v) is 5.33. The molecular weight excluding hydrogens is 120 g/mol. The molecule has 0 spiro atoms. The Kier molecular flexibility index (Phi) is 1.83. The summed E-state index contributed by atoms with van der Waals surface area (Å²) in [5.41, 5.74) is 0. The van der Waals surface area contributed by atoms with Crippen LogP contribution in [0.2, 0.25) is 0 Å². The summed E-state index contributed by atoms with van der Waals surface area (Å²) >= 11 is 0. The van der Waals surface area contributed by atoms with Gasteiger partial charge in [0.15, 0.2) is 0 Å². The molecule has 3 heteroatoms. The van der Waals surface area contributed by atoms with Gasteiger partial charge in [-0.25, -0.2) is 0 Å². The number of Topliss-reactive ketones (excluding diaryl/α,β-unsaturated/α-hetero) is 1. The van der Waals surface area contributed by atoms with Crippen molar-refractivity contribution in [2.24, 2.45) is 5.92 Å². The minimum atomic E-state index is -0.567. The first-order chi connectivity index (χ1) is 4.22. The normalized spacial score (nSPS) is 34.9. The molecule has 0 bridgehead atoms. The van der Waals surface area contributed by atoms with Crippen LogP contribution in [-0.2, 0) is 9.53 Å². The van der Waals surface area contributed by atoms with Crippen LogP contribution in [0, 0.1) is 5.92 Å². The average Bonchev–Trinajstić information content (AvgIpc) is 2.13. The van der Waals surface area contributed by atoms with Crippen molar-refractivity contribution in [3.8, 4) is 0 Å². The minimum absolute atomic E-state index is 0.0139. The van der Waals surface area contributed by atoms with Crippen molar-refractivity contribution in [1.82, 2.24) is 0 Å². The molecule has 0 aromatic carbocycles. The van der Waals surface area contributed by atoms with Crippen molar-refractivity contribution in [1.29, 1.82) is 0 Å². The van der Waals surface area contributed by atoms with Gasteiger partial charge in [0, 0.05) is 0 Å². The standard InChI is InChI=1S/C6H10O3/c1-4(7)5-2-9-3-6(5)8/h5-6,8H,2-3H2,1H3. The van der Waals surface area contributed by atoms with E-state index in [1.165, 1.54) is 6.92 Å². The summed E-state index contributed by atoms with van der Waals surface area (Å²) in [7, 11) is 0. The number of aliphatic hydroxyl groups excluding tert-OH is 1. The SMILES string of the molecule is CC(=O)C1COCC1O. The number of carbonyl (C=O) groups excluding carboxylic acids is 1. The van der Waals surface area contributed by atoms with Gasteiger partial charge in [-0.3, -0.25) is 4.79 Å². The molecule has 9 heavy (non-hydrogen) atoms. The van der Waals surface area contributed by atoms with Gasteiger partial charge in [0.25, 0.3) is 0 Å². The number of aliphatic hydroxyl groups is 1. The monoisotopic (exact) mass is 130 g/mol. The number of carbonyl (C=O) groups is 1.